The maximum atomic E-state index is 10.7. The van der Waals surface area contributed by atoms with Crippen molar-refractivity contribution in [3.8, 4) is 0 Å². The van der Waals surface area contributed by atoms with Crippen LogP contribution in [0.15, 0.2) is 11.1 Å². The zero-order valence-corrected chi connectivity index (χ0v) is 6.59. The molecule has 1 aliphatic carbocycles. The van der Waals surface area contributed by atoms with Gasteiger partial charge >= 0.3 is 5.97 Å². The van der Waals surface area contributed by atoms with E-state index in [1.165, 1.54) is 0 Å². The van der Waals surface area contributed by atoms with E-state index < -0.39 is 11.9 Å². The van der Waals surface area contributed by atoms with Crippen LogP contribution in [0.2, 0.25) is 0 Å². The summed E-state index contributed by atoms with van der Waals surface area (Å²) in [5.41, 5.74) is 7.16. The standard InChI is InChI=1S/C8H10NO3/c9-7(10)5-3-1-2-4-6(5)8(11)12/h9H,1-4H2,(H,11,12). The lowest BCUT2D eigenvalue weighted by atomic mass is 9.91. The van der Waals surface area contributed by atoms with Gasteiger partial charge in [-0.2, -0.15) is 0 Å². The van der Waals surface area contributed by atoms with E-state index in [9.17, 15) is 9.59 Å². The number of carbonyl (C=O) groups is 2. The Hall–Kier alpha value is -1.32. The number of aliphatic carboxylic acids is 1. The van der Waals surface area contributed by atoms with Gasteiger partial charge in [-0.05, 0) is 25.7 Å². The molecule has 0 unspecified atom stereocenters. The Labute approximate surface area is 70.1 Å². The van der Waals surface area contributed by atoms with E-state index in [1.54, 1.807) is 0 Å². The smallest absolute Gasteiger partial charge is 0.332 e. The van der Waals surface area contributed by atoms with Crippen molar-refractivity contribution in [2.24, 2.45) is 0 Å². The summed E-state index contributed by atoms with van der Waals surface area (Å²) in [5.74, 6) is -1.89. The molecule has 1 amide bonds. The van der Waals surface area contributed by atoms with Gasteiger partial charge in [0.25, 0.3) is 5.91 Å². The van der Waals surface area contributed by atoms with Crippen molar-refractivity contribution >= 4 is 11.9 Å². The number of hydrogen-bond donors (Lipinski definition) is 1. The number of nitrogens with one attached hydrogen (secondary N) is 1. The first-order chi connectivity index (χ1) is 5.63. The third-order valence-electron chi connectivity index (χ3n) is 2.00. The molecule has 0 atom stereocenters. The first-order valence-corrected chi connectivity index (χ1v) is 3.84. The van der Waals surface area contributed by atoms with Crippen LogP contribution in [0.4, 0.5) is 0 Å². The third kappa shape index (κ3) is 1.64. The van der Waals surface area contributed by atoms with Crippen LogP contribution in [0.1, 0.15) is 25.7 Å². The summed E-state index contributed by atoms with van der Waals surface area (Å²) >= 11 is 0. The summed E-state index contributed by atoms with van der Waals surface area (Å²) in [7, 11) is 0. The summed E-state index contributed by atoms with van der Waals surface area (Å²) in [4.78, 5) is 21.2. The fraction of sp³-hybridized carbons (Fsp3) is 0.500. The highest BCUT2D eigenvalue weighted by Gasteiger charge is 2.21. The highest BCUT2D eigenvalue weighted by molar-refractivity contribution is 6.01. The minimum atomic E-state index is -1.05. The van der Waals surface area contributed by atoms with Crippen LogP contribution >= 0.6 is 0 Å². The Morgan fingerprint density at radius 3 is 2.00 bits per heavy atom. The predicted molar refractivity (Wildman–Crippen MR) is 41.2 cm³/mol. The molecule has 0 saturated carbocycles. The van der Waals surface area contributed by atoms with Gasteiger partial charge in [0, 0.05) is 11.1 Å². The minimum absolute atomic E-state index is 0.140. The highest BCUT2D eigenvalue weighted by Crippen LogP contribution is 2.24. The summed E-state index contributed by atoms with van der Waals surface area (Å²) in [6.07, 6.45) is 2.49. The van der Waals surface area contributed by atoms with E-state index in [-0.39, 0.29) is 11.1 Å². The third-order valence-corrected chi connectivity index (χ3v) is 2.00. The lowest BCUT2D eigenvalue weighted by Gasteiger charge is -2.13. The molecule has 4 heteroatoms. The van der Waals surface area contributed by atoms with Gasteiger partial charge in [0.1, 0.15) is 0 Å². The van der Waals surface area contributed by atoms with Gasteiger partial charge in [0.15, 0.2) is 0 Å². The zero-order valence-electron chi connectivity index (χ0n) is 6.59. The number of carbonyl (C=O) groups excluding carboxylic acids is 1. The fourth-order valence-corrected chi connectivity index (χ4v) is 1.39. The van der Waals surface area contributed by atoms with Gasteiger partial charge in [-0.15, -0.1) is 0 Å². The Kier molecular flexibility index (Phi) is 2.47. The van der Waals surface area contributed by atoms with Crippen LogP contribution in [-0.2, 0) is 9.59 Å². The minimum Gasteiger partial charge on any atom is -0.478 e. The van der Waals surface area contributed by atoms with Crippen LogP contribution in [0.25, 0.3) is 0 Å². The fourth-order valence-electron chi connectivity index (χ4n) is 1.39. The van der Waals surface area contributed by atoms with Gasteiger partial charge in [-0.1, -0.05) is 0 Å². The monoisotopic (exact) mass is 168 g/mol. The molecular formula is C8H10NO3. The van der Waals surface area contributed by atoms with Crippen molar-refractivity contribution in [1.29, 1.82) is 0 Å². The van der Waals surface area contributed by atoms with E-state index >= 15 is 0 Å². The molecule has 1 radical (unpaired) electrons. The average molecular weight is 168 g/mol. The van der Waals surface area contributed by atoms with E-state index in [0.29, 0.717) is 12.8 Å². The van der Waals surface area contributed by atoms with Crippen LogP contribution < -0.4 is 5.73 Å². The van der Waals surface area contributed by atoms with Gasteiger partial charge in [-0.25, -0.2) is 4.79 Å². The van der Waals surface area contributed by atoms with Crippen LogP contribution in [0.5, 0.6) is 0 Å². The van der Waals surface area contributed by atoms with Crippen LogP contribution in [0.3, 0.4) is 0 Å². The Morgan fingerprint density at radius 2 is 1.67 bits per heavy atom. The Bertz CT molecular complexity index is 229. The number of hydrogen-bond acceptors (Lipinski definition) is 2. The van der Waals surface area contributed by atoms with Crippen LogP contribution in [0, 0.1) is 0 Å². The molecular weight excluding hydrogens is 158 g/mol. The molecule has 0 aromatic heterocycles. The number of amides is 1. The van der Waals surface area contributed by atoms with Crippen molar-refractivity contribution in [1.82, 2.24) is 5.73 Å². The molecule has 0 heterocycles. The second-order valence-electron chi connectivity index (χ2n) is 2.80. The number of rotatable bonds is 2. The van der Waals surface area contributed by atoms with Crippen LogP contribution in [-0.4, -0.2) is 17.0 Å². The second-order valence-corrected chi connectivity index (χ2v) is 2.80. The number of carboxylic acids is 1. The van der Waals surface area contributed by atoms with E-state index in [2.05, 4.69) is 0 Å². The van der Waals surface area contributed by atoms with Gasteiger partial charge in [0.2, 0.25) is 0 Å². The van der Waals surface area contributed by atoms with E-state index in [4.69, 9.17) is 10.8 Å². The molecule has 0 fully saturated rings. The SMILES string of the molecule is [NH]C(=O)C1=C(C(=O)O)CCCC1. The largest absolute Gasteiger partial charge is 0.478 e. The van der Waals surface area contributed by atoms with Crippen molar-refractivity contribution in [2.75, 3.05) is 0 Å². The predicted octanol–water partition coefficient (Wildman–Crippen LogP) is 0.751. The van der Waals surface area contributed by atoms with Crippen molar-refractivity contribution in [2.45, 2.75) is 25.7 Å². The first-order valence-electron chi connectivity index (χ1n) is 3.84. The summed E-state index contributed by atoms with van der Waals surface area (Å²) in [6, 6.07) is 0. The molecule has 0 saturated heterocycles. The quantitative estimate of drug-likeness (QED) is 0.660. The lowest BCUT2D eigenvalue weighted by molar-refractivity contribution is -0.133. The summed E-state index contributed by atoms with van der Waals surface area (Å²) in [6.45, 7) is 0. The highest BCUT2D eigenvalue weighted by atomic mass is 16.4. The Balaban J connectivity index is 2.99. The average Bonchev–Trinajstić information content (AvgIpc) is 2.04. The molecule has 0 bridgehead atoms. The van der Waals surface area contributed by atoms with E-state index in [0.717, 1.165) is 12.8 Å². The zero-order chi connectivity index (χ0) is 9.14. The molecule has 1 rings (SSSR count). The number of carboxylic acid groups (broad SMARTS) is 1. The molecule has 0 aromatic carbocycles. The maximum Gasteiger partial charge on any atom is 0.332 e. The molecule has 0 aliphatic heterocycles. The summed E-state index contributed by atoms with van der Waals surface area (Å²) in [5, 5.41) is 8.66. The molecule has 65 valence electrons. The molecule has 0 spiro atoms. The van der Waals surface area contributed by atoms with Crippen molar-refractivity contribution in [3.05, 3.63) is 11.1 Å². The molecule has 12 heavy (non-hydrogen) atoms. The normalized spacial score (nSPS) is 17.7. The first kappa shape index (κ1) is 8.77. The molecule has 2 N–H and O–H groups in total. The molecule has 4 nitrogen and oxygen atoms in total. The molecule has 0 aromatic rings. The maximum absolute atomic E-state index is 10.7. The Morgan fingerprint density at radius 1 is 1.17 bits per heavy atom. The summed E-state index contributed by atoms with van der Waals surface area (Å²) < 4.78 is 0. The van der Waals surface area contributed by atoms with E-state index in [1.807, 2.05) is 0 Å². The van der Waals surface area contributed by atoms with Crippen molar-refractivity contribution in [3.63, 3.8) is 0 Å². The second kappa shape index (κ2) is 3.38. The van der Waals surface area contributed by atoms with Crippen molar-refractivity contribution < 1.29 is 14.7 Å². The lowest BCUT2D eigenvalue weighted by Crippen LogP contribution is -2.15. The van der Waals surface area contributed by atoms with Gasteiger partial charge in [0.05, 0.1) is 0 Å². The van der Waals surface area contributed by atoms with Gasteiger partial charge < -0.3 is 5.11 Å². The van der Waals surface area contributed by atoms with Gasteiger partial charge in [-0.3, -0.25) is 10.5 Å². The topological polar surface area (TPSA) is 78.2 Å². The molecule has 1 aliphatic rings.